The smallest absolute Gasteiger partial charge is 0.133 e. The molecule has 2 aromatic heterocycles. The Morgan fingerprint density at radius 3 is 2.83 bits per heavy atom. The molecule has 158 valence electrons. The van der Waals surface area contributed by atoms with E-state index in [1.165, 1.54) is 11.2 Å². The van der Waals surface area contributed by atoms with Crippen LogP contribution in [0.25, 0.3) is 18.0 Å². The quantitative estimate of drug-likeness (QED) is 0.219. The molecule has 0 radical (unpaired) electrons. The zero-order valence-electron chi connectivity index (χ0n) is 17.4. The van der Waals surface area contributed by atoms with Gasteiger partial charge in [-0.3, -0.25) is 0 Å². The van der Waals surface area contributed by atoms with Crippen molar-refractivity contribution >= 4 is 29.6 Å². The summed E-state index contributed by atoms with van der Waals surface area (Å²) in [5, 5.41) is 10.1. The van der Waals surface area contributed by atoms with Crippen LogP contribution in [-0.2, 0) is 5.54 Å². The molecular formula is C20H28N10. The zero-order chi connectivity index (χ0) is 21.5. The SMILES string of the molecule is CCC1(c2cc(NC3C=c4cc(/C(=C/N)N(C)N)nc(N)c4=CN3C)ncn2)CN1. The third-order valence-electron chi connectivity index (χ3n) is 5.69. The van der Waals surface area contributed by atoms with E-state index in [4.69, 9.17) is 17.3 Å². The maximum absolute atomic E-state index is 6.22. The molecule has 1 fully saturated rings. The number of aromatic nitrogens is 3. The first kappa shape index (κ1) is 19.9. The van der Waals surface area contributed by atoms with Gasteiger partial charge >= 0.3 is 0 Å². The Labute approximate surface area is 175 Å². The zero-order valence-corrected chi connectivity index (χ0v) is 17.4. The van der Waals surface area contributed by atoms with Crippen LogP contribution in [0.3, 0.4) is 0 Å². The van der Waals surface area contributed by atoms with E-state index in [0.29, 0.717) is 17.2 Å². The van der Waals surface area contributed by atoms with Crippen LogP contribution in [0, 0.1) is 0 Å². The fourth-order valence-corrected chi connectivity index (χ4v) is 3.67. The van der Waals surface area contributed by atoms with E-state index in [9.17, 15) is 0 Å². The lowest BCUT2D eigenvalue weighted by atomic mass is 10.0. The molecule has 4 heterocycles. The Balaban J connectivity index is 1.68. The Morgan fingerprint density at radius 2 is 2.20 bits per heavy atom. The molecule has 30 heavy (non-hydrogen) atoms. The van der Waals surface area contributed by atoms with E-state index < -0.39 is 0 Å². The Bertz CT molecular complexity index is 1100. The van der Waals surface area contributed by atoms with Gasteiger partial charge < -0.3 is 32.0 Å². The largest absolute Gasteiger partial charge is 0.403 e. The van der Waals surface area contributed by atoms with Crippen molar-refractivity contribution in [1.29, 1.82) is 0 Å². The number of hydrogen-bond acceptors (Lipinski definition) is 10. The molecule has 0 aromatic carbocycles. The highest BCUT2D eigenvalue weighted by Crippen LogP contribution is 2.33. The molecule has 8 N–H and O–H groups in total. The summed E-state index contributed by atoms with van der Waals surface area (Å²) in [6.45, 7) is 3.10. The first-order valence-corrected chi connectivity index (χ1v) is 9.84. The second kappa shape index (κ2) is 7.47. The minimum Gasteiger partial charge on any atom is -0.403 e. The number of pyridine rings is 1. The fourth-order valence-electron chi connectivity index (χ4n) is 3.67. The van der Waals surface area contributed by atoms with Gasteiger partial charge in [0.05, 0.1) is 22.6 Å². The topological polar surface area (TPSA) is 157 Å². The van der Waals surface area contributed by atoms with Crippen molar-refractivity contribution in [2.45, 2.75) is 25.0 Å². The summed E-state index contributed by atoms with van der Waals surface area (Å²) in [7, 11) is 3.68. The predicted molar refractivity (Wildman–Crippen MR) is 118 cm³/mol. The van der Waals surface area contributed by atoms with Gasteiger partial charge in [-0.05, 0) is 23.8 Å². The van der Waals surface area contributed by atoms with Gasteiger partial charge in [-0.2, -0.15) is 0 Å². The molecule has 10 heteroatoms. The van der Waals surface area contributed by atoms with Crippen LogP contribution in [0.2, 0.25) is 0 Å². The minimum atomic E-state index is -0.124. The van der Waals surface area contributed by atoms with Crippen molar-refractivity contribution in [2.24, 2.45) is 11.6 Å². The number of anilines is 2. The van der Waals surface area contributed by atoms with Gasteiger partial charge in [0.2, 0.25) is 0 Å². The van der Waals surface area contributed by atoms with Crippen molar-refractivity contribution in [3.8, 4) is 0 Å². The monoisotopic (exact) mass is 408 g/mol. The second-order valence-corrected chi connectivity index (χ2v) is 7.69. The molecule has 0 bridgehead atoms. The minimum absolute atomic E-state index is 0.0193. The van der Waals surface area contributed by atoms with Crippen LogP contribution < -0.4 is 38.4 Å². The van der Waals surface area contributed by atoms with Crippen LogP contribution in [0.1, 0.15) is 24.7 Å². The fraction of sp³-hybridized carbons (Fsp3) is 0.350. The number of fused-ring (bicyclic) bond motifs is 1. The van der Waals surface area contributed by atoms with Gasteiger partial charge in [0, 0.05) is 44.3 Å². The van der Waals surface area contributed by atoms with Crippen molar-refractivity contribution in [3.63, 3.8) is 0 Å². The summed E-state index contributed by atoms with van der Waals surface area (Å²) >= 11 is 0. The maximum atomic E-state index is 6.22. The number of nitrogen functional groups attached to an aromatic ring is 1. The molecule has 1 saturated heterocycles. The van der Waals surface area contributed by atoms with Gasteiger partial charge in [-0.25, -0.2) is 20.8 Å². The third kappa shape index (κ3) is 3.51. The Hall–Kier alpha value is -3.37. The van der Waals surface area contributed by atoms with E-state index in [-0.39, 0.29) is 11.7 Å². The summed E-state index contributed by atoms with van der Waals surface area (Å²) in [4.78, 5) is 15.3. The first-order valence-electron chi connectivity index (χ1n) is 9.84. The van der Waals surface area contributed by atoms with Crippen molar-refractivity contribution in [1.82, 2.24) is 30.2 Å². The molecule has 0 spiro atoms. The molecule has 2 aliphatic heterocycles. The summed E-state index contributed by atoms with van der Waals surface area (Å²) in [5.74, 6) is 7.05. The lowest BCUT2D eigenvalue weighted by Gasteiger charge is -2.28. The number of rotatable bonds is 6. The summed E-state index contributed by atoms with van der Waals surface area (Å²) in [6.07, 6.45) is 7.93. The number of hydrazine groups is 1. The second-order valence-electron chi connectivity index (χ2n) is 7.69. The highest BCUT2D eigenvalue weighted by Gasteiger charge is 2.43. The van der Waals surface area contributed by atoms with Crippen LogP contribution in [0.4, 0.5) is 11.6 Å². The van der Waals surface area contributed by atoms with Gasteiger partial charge in [0.15, 0.2) is 0 Å². The molecule has 10 nitrogen and oxygen atoms in total. The molecular weight excluding hydrogens is 380 g/mol. The summed E-state index contributed by atoms with van der Waals surface area (Å²) < 4.78 is 0. The van der Waals surface area contributed by atoms with Crippen LogP contribution >= 0.6 is 0 Å². The maximum Gasteiger partial charge on any atom is 0.133 e. The predicted octanol–water partition coefficient (Wildman–Crippen LogP) is -1.37. The number of nitrogens with one attached hydrogen (secondary N) is 2. The number of nitrogens with two attached hydrogens (primary N) is 3. The Morgan fingerprint density at radius 1 is 1.43 bits per heavy atom. The normalized spacial score (nSPS) is 22.6. The van der Waals surface area contributed by atoms with Crippen molar-refractivity contribution < 1.29 is 0 Å². The van der Waals surface area contributed by atoms with E-state index in [1.54, 1.807) is 13.4 Å². The van der Waals surface area contributed by atoms with E-state index in [0.717, 1.165) is 34.9 Å². The third-order valence-corrected chi connectivity index (χ3v) is 5.69. The average molecular weight is 409 g/mol. The standard InChI is InChI=1S/C20H28N10/c1-4-20(10-26-20)16-7-17(25-11-24-16)28-18-6-12-5-14(15(8-21)30(3)23)27-19(22)13(12)9-29(18)2/h5-9,11,18,26H,4,10,21,23H2,1-3H3,(H2,22,27)(H,24,25,28)/b15-8-. The van der Waals surface area contributed by atoms with Crippen LogP contribution in [0.15, 0.2) is 24.7 Å². The highest BCUT2D eigenvalue weighted by molar-refractivity contribution is 5.63. The van der Waals surface area contributed by atoms with Gasteiger partial charge in [-0.1, -0.05) is 6.92 Å². The van der Waals surface area contributed by atoms with Gasteiger partial charge in [-0.15, -0.1) is 0 Å². The number of hydrogen-bond donors (Lipinski definition) is 5. The molecule has 2 aliphatic rings. The molecule has 4 rings (SSSR count). The summed E-state index contributed by atoms with van der Waals surface area (Å²) in [6, 6.07) is 3.93. The summed E-state index contributed by atoms with van der Waals surface area (Å²) in [5.41, 5.74) is 14.1. The molecule has 2 unspecified atom stereocenters. The lowest BCUT2D eigenvalue weighted by Crippen LogP contribution is -2.45. The highest BCUT2D eigenvalue weighted by atomic mass is 15.4. The van der Waals surface area contributed by atoms with E-state index in [2.05, 4.69) is 38.6 Å². The van der Waals surface area contributed by atoms with Crippen LogP contribution in [-0.4, -0.2) is 51.7 Å². The molecule has 2 atom stereocenters. The van der Waals surface area contributed by atoms with Crippen molar-refractivity contribution in [3.05, 3.63) is 46.5 Å². The number of nitrogens with zero attached hydrogens (tertiary/aromatic N) is 5. The van der Waals surface area contributed by atoms with E-state index >= 15 is 0 Å². The Kier molecular flexibility index (Phi) is 4.96. The molecule has 2 aromatic rings. The lowest BCUT2D eigenvalue weighted by molar-refractivity contribution is 0.465. The average Bonchev–Trinajstić information content (AvgIpc) is 3.51. The van der Waals surface area contributed by atoms with Gasteiger partial charge in [0.25, 0.3) is 0 Å². The van der Waals surface area contributed by atoms with Crippen LogP contribution in [0.5, 0.6) is 0 Å². The molecule has 0 aliphatic carbocycles. The van der Waals surface area contributed by atoms with Crippen molar-refractivity contribution in [2.75, 3.05) is 31.7 Å². The molecule has 0 saturated carbocycles. The van der Waals surface area contributed by atoms with Gasteiger partial charge in [0.1, 0.15) is 24.1 Å². The first-order chi connectivity index (χ1) is 14.4. The van der Waals surface area contributed by atoms with E-state index in [1.807, 2.05) is 30.3 Å². The molecule has 0 amide bonds.